The molecule has 0 aromatic heterocycles. The molecular formula is C19H29N3O2. The molecular weight excluding hydrogens is 302 g/mol. The molecule has 0 radical (unpaired) electrons. The van der Waals surface area contributed by atoms with Crippen LogP contribution < -0.4 is 11.5 Å². The van der Waals surface area contributed by atoms with E-state index < -0.39 is 11.4 Å². The number of carbonyl (C=O) groups excluding carboxylic acids is 2. The third-order valence-corrected chi connectivity index (χ3v) is 5.03. The van der Waals surface area contributed by atoms with Crippen molar-refractivity contribution < 1.29 is 9.59 Å². The summed E-state index contributed by atoms with van der Waals surface area (Å²) in [4.78, 5) is 26.2. The molecule has 1 aliphatic rings. The van der Waals surface area contributed by atoms with Crippen LogP contribution in [0, 0.1) is 0 Å². The minimum Gasteiger partial charge on any atom is -0.368 e. The van der Waals surface area contributed by atoms with Crippen molar-refractivity contribution in [2.45, 2.75) is 57.9 Å². The summed E-state index contributed by atoms with van der Waals surface area (Å²) in [5.74, 6) is 0.223. The summed E-state index contributed by atoms with van der Waals surface area (Å²) in [7, 11) is 0. The van der Waals surface area contributed by atoms with Crippen molar-refractivity contribution in [2.75, 3.05) is 13.1 Å². The highest BCUT2D eigenvalue weighted by Gasteiger charge is 2.37. The quantitative estimate of drug-likeness (QED) is 0.887. The predicted octanol–water partition coefficient (Wildman–Crippen LogP) is 2.35. The third kappa shape index (κ3) is 3.61. The Balaban J connectivity index is 2.23. The SMILES string of the molecule is CC(C)c1ccc(C(=O)N2CCC(N)(C(N)=O)CC2)c(C(C)C)c1. The molecule has 5 nitrogen and oxygen atoms in total. The summed E-state index contributed by atoms with van der Waals surface area (Å²) in [6.07, 6.45) is 0.824. The molecule has 0 saturated carbocycles. The van der Waals surface area contributed by atoms with Gasteiger partial charge in [-0.25, -0.2) is 0 Å². The number of benzene rings is 1. The van der Waals surface area contributed by atoms with Gasteiger partial charge in [-0.1, -0.05) is 39.8 Å². The Morgan fingerprint density at radius 2 is 1.67 bits per heavy atom. The number of hydrogen-bond acceptors (Lipinski definition) is 3. The van der Waals surface area contributed by atoms with E-state index in [2.05, 4.69) is 33.8 Å². The highest BCUT2D eigenvalue weighted by molar-refractivity contribution is 5.96. The van der Waals surface area contributed by atoms with Crippen LogP contribution in [0.3, 0.4) is 0 Å². The molecule has 0 bridgehead atoms. The minimum atomic E-state index is -0.987. The van der Waals surface area contributed by atoms with E-state index in [9.17, 15) is 9.59 Å². The van der Waals surface area contributed by atoms with E-state index >= 15 is 0 Å². The lowest BCUT2D eigenvalue weighted by Gasteiger charge is -2.37. The largest absolute Gasteiger partial charge is 0.368 e. The lowest BCUT2D eigenvalue weighted by molar-refractivity contribution is -0.124. The number of likely N-dealkylation sites (tertiary alicyclic amines) is 1. The van der Waals surface area contributed by atoms with E-state index in [-0.39, 0.29) is 11.8 Å². The first-order valence-electron chi connectivity index (χ1n) is 8.67. The zero-order chi connectivity index (χ0) is 18.1. The molecule has 1 fully saturated rings. The standard InChI is InChI=1S/C19H29N3O2/c1-12(2)14-5-6-15(16(11-14)13(3)4)17(23)22-9-7-19(21,8-10-22)18(20)24/h5-6,11-13H,7-10,21H2,1-4H3,(H2,20,24). The lowest BCUT2D eigenvalue weighted by atomic mass is 9.87. The number of nitrogens with zero attached hydrogens (tertiary/aromatic N) is 1. The van der Waals surface area contributed by atoms with Gasteiger partial charge in [0.1, 0.15) is 0 Å². The number of rotatable bonds is 4. The van der Waals surface area contributed by atoms with E-state index in [1.807, 2.05) is 12.1 Å². The Bertz CT molecular complexity index is 629. The van der Waals surface area contributed by atoms with Crippen LogP contribution in [-0.4, -0.2) is 35.3 Å². The molecule has 24 heavy (non-hydrogen) atoms. The molecule has 2 amide bonds. The molecule has 132 valence electrons. The van der Waals surface area contributed by atoms with Crippen LogP contribution in [0.4, 0.5) is 0 Å². The minimum absolute atomic E-state index is 0.0144. The zero-order valence-corrected chi connectivity index (χ0v) is 15.1. The van der Waals surface area contributed by atoms with Crippen molar-refractivity contribution in [1.82, 2.24) is 4.90 Å². The average Bonchev–Trinajstić information content (AvgIpc) is 2.54. The van der Waals surface area contributed by atoms with Crippen LogP contribution >= 0.6 is 0 Å². The molecule has 1 aliphatic heterocycles. The second kappa shape index (κ2) is 6.93. The molecule has 5 heteroatoms. The van der Waals surface area contributed by atoms with Gasteiger partial charge < -0.3 is 16.4 Å². The van der Waals surface area contributed by atoms with Gasteiger partial charge in [0.2, 0.25) is 5.91 Å². The Morgan fingerprint density at radius 3 is 2.12 bits per heavy atom. The summed E-state index contributed by atoms with van der Waals surface area (Å²) in [6, 6.07) is 6.11. The van der Waals surface area contributed by atoms with Crippen LogP contribution in [0.1, 0.15) is 73.9 Å². The van der Waals surface area contributed by atoms with Crippen molar-refractivity contribution in [3.8, 4) is 0 Å². The lowest BCUT2D eigenvalue weighted by Crippen LogP contribution is -2.59. The molecule has 0 unspecified atom stereocenters. The number of nitrogens with two attached hydrogens (primary N) is 2. The second-order valence-corrected chi connectivity index (χ2v) is 7.47. The van der Waals surface area contributed by atoms with Gasteiger partial charge >= 0.3 is 0 Å². The molecule has 1 heterocycles. The van der Waals surface area contributed by atoms with Gasteiger partial charge in [-0.05, 0) is 41.9 Å². The number of amides is 2. The van der Waals surface area contributed by atoms with Crippen molar-refractivity contribution >= 4 is 11.8 Å². The zero-order valence-electron chi connectivity index (χ0n) is 15.1. The number of piperidine rings is 1. The van der Waals surface area contributed by atoms with Crippen molar-refractivity contribution in [3.63, 3.8) is 0 Å². The first-order valence-corrected chi connectivity index (χ1v) is 8.67. The van der Waals surface area contributed by atoms with Gasteiger partial charge in [0.05, 0.1) is 5.54 Å². The molecule has 1 aromatic carbocycles. The normalized spacial score (nSPS) is 17.4. The van der Waals surface area contributed by atoms with Gasteiger partial charge in [-0.2, -0.15) is 0 Å². The molecule has 2 rings (SSSR count). The van der Waals surface area contributed by atoms with Crippen LogP contribution in [-0.2, 0) is 4.79 Å². The van der Waals surface area contributed by atoms with E-state index in [0.29, 0.717) is 31.8 Å². The molecule has 0 atom stereocenters. The predicted molar refractivity (Wildman–Crippen MR) is 95.9 cm³/mol. The van der Waals surface area contributed by atoms with Gasteiger partial charge in [0, 0.05) is 18.7 Å². The summed E-state index contributed by atoms with van der Waals surface area (Å²) >= 11 is 0. The van der Waals surface area contributed by atoms with Gasteiger partial charge in [0.15, 0.2) is 0 Å². The Labute approximate surface area is 144 Å². The number of primary amides is 1. The highest BCUT2D eigenvalue weighted by atomic mass is 16.2. The Morgan fingerprint density at radius 1 is 1.08 bits per heavy atom. The number of carbonyl (C=O) groups is 2. The van der Waals surface area contributed by atoms with Gasteiger partial charge in [-0.15, -0.1) is 0 Å². The maximum Gasteiger partial charge on any atom is 0.254 e. The summed E-state index contributed by atoms with van der Waals surface area (Å²) in [6.45, 7) is 9.42. The Kier molecular flexibility index (Phi) is 5.33. The second-order valence-electron chi connectivity index (χ2n) is 7.47. The van der Waals surface area contributed by atoms with Crippen LogP contribution in [0.2, 0.25) is 0 Å². The smallest absolute Gasteiger partial charge is 0.254 e. The van der Waals surface area contributed by atoms with Crippen molar-refractivity contribution in [3.05, 3.63) is 34.9 Å². The van der Waals surface area contributed by atoms with Crippen molar-refractivity contribution in [1.29, 1.82) is 0 Å². The maximum absolute atomic E-state index is 13.0. The van der Waals surface area contributed by atoms with E-state index in [4.69, 9.17) is 11.5 Å². The highest BCUT2D eigenvalue weighted by Crippen LogP contribution is 2.27. The fourth-order valence-electron chi connectivity index (χ4n) is 3.14. The first-order chi connectivity index (χ1) is 11.2. The van der Waals surface area contributed by atoms with E-state index in [1.54, 1.807) is 4.90 Å². The van der Waals surface area contributed by atoms with E-state index in [0.717, 1.165) is 11.1 Å². The van der Waals surface area contributed by atoms with E-state index in [1.165, 1.54) is 5.56 Å². The summed E-state index contributed by atoms with van der Waals surface area (Å²) in [5.41, 5.74) is 13.5. The fraction of sp³-hybridized carbons (Fsp3) is 0.579. The number of hydrogen-bond donors (Lipinski definition) is 2. The first kappa shape index (κ1) is 18.5. The summed E-state index contributed by atoms with van der Waals surface area (Å²) < 4.78 is 0. The van der Waals surface area contributed by atoms with Crippen LogP contribution in [0.5, 0.6) is 0 Å². The topological polar surface area (TPSA) is 89.4 Å². The molecule has 1 saturated heterocycles. The molecule has 4 N–H and O–H groups in total. The van der Waals surface area contributed by atoms with Crippen LogP contribution in [0.15, 0.2) is 18.2 Å². The van der Waals surface area contributed by atoms with Crippen molar-refractivity contribution in [2.24, 2.45) is 11.5 Å². The molecule has 0 aliphatic carbocycles. The third-order valence-electron chi connectivity index (χ3n) is 5.03. The Hall–Kier alpha value is -1.88. The van der Waals surface area contributed by atoms with Gasteiger partial charge in [-0.3, -0.25) is 9.59 Å². The maximum atomic E-state index is 13.0. The fourth-order valence-corrected chi connectivity index (χ4v) is 3.14. The van der Waals surface area contributed by atoms with Gasteiger partial charge in [0.25, 0.3) is 5.91 Å². The molecule has 1 aromatic rings. The summed E-state index contributed by atoms with van der Waals surface area (Å²) in [5, 5.41) is 0. The average molecular weight is 331 g/mol. The molecule has 0 spiro atoms. The van der Waals surface area contributed by atoms with Crippen LogP contribution in [0.25, 0.3) is 0 Å². The monoisotopic (exact) mass is 331 g/mol.